The highest BCUT2D eigenvalue weighted by molar-refractivity contribution is 6.30. The van der Waals surface area contributed by atoms with Crippen LogP contribution in [0.2, 0.25) is 5.02 Å². The number of rotatable bonds is 7. The summed E-state index contributed by atoms with van der Waals surface area (Å²) >= 11 is 6.15. The first-order chi connectivity index (χ1) is 15.4. The van der Waals surface area contributed by atoms with Crippen molar-refractivity contribution in [3.63, 3.8) is 0 Å². The van der Waals surface area contributed by atoms with E-state index < -0.39 is 0 Å². The van der Waals surface area contributed by atoms with Crippen molar-refractivity contribution in [3.8, 4) is 11.1 Å². The molecule has 0 aliphatic rings. The highest BCUT2D eigenvalue weighted by atomic mass is 35.5. The van der Waals surface area contributed by atoms with Crippen LogP contribution in [0.5, 0.6) is 0 Å². The molecule has 0 radical (unpaired) electrons. The number of para-hydroxylation sites is 2. The SMILES string of the molecule is CN(C)CCN(C)c1ccccc1NC(=O)c1ccn2ncc(-c3cccc(Cl)c3)c2n1. The third kappa shape index (κ3) is 4.74. The summed E-state index contributed by atoms with van der Waals surface area (Å²) in [5, 5.41) is 7.99. The Morgan fingerprint density at radius 2 is 1.88 bits per heavy atom. The van der Waals surface area contributed by atoms with Gasteiger partial charge in [-0.3, -0.25) is 4.79 Å². The lowest BCUT2D eigenvalue weighted by Crippen LogP contribution is -2.29. The maximum absolute atomic E-state index is 13.1. The molecule has 0 spiro atoms. The van der Waals surface area contributed by atoms with Gasteiger partial charge in [0.2, 0.25) is 0 Å². The first-order valence-corrected chi connectivity index (χ1v) is 10.7. The second kappa shape index (κ2) is 9.38. The van der Waals surface area contributed by atoms with E-state index in [4.69, 9.17) is 11.6 Å². The number of fused-ring (bicyclic) bond motifs is 1. The van der Waals surface area contributed by atoms with Gasteiger partial charge in [0.05, 0.1) is 17.6 Å². The zero-order chi connectivity index (χ0) is 22.7. The average Bonchev–Trinajstić information content (AvgIpc) is 3.21. The molecule has 0 aliphatic carbocycles. The Hall–Kier alpha value is -3.42. The van der Waals surface area contributed by atoms with Crippen LogP contribution in [0.4, 0.5) is 11.4 Å². The molecule has 0 unspecified atom stereocenters. The molecule has 1 N–H and O–H groups in total. The molecule has 0 fully saturated rings. The minimum absolute atomic E-state index is 0.279. The van der Waals surface area contributed by atoms with Gasteiger partial charge in [-0.1, -0.05) is 35.9 Å². The zero-order valence-electron chi connectivity index (χ0n) is 18.3. The fourth-order valence-corrected chi connectivity index (χ4v) is 3.61. The largest absolute Gasteiger partial charge is 0.372 e. The number of halogens is 1. The smallest absolute Gasteiger partial charge is 0.274 e. The number of nitrogens with zero attached hydrogens (tertiary/aromatic N) is 5. The topological polar surface area (TPSA) is 65.8 Å². The van der Waals surface area contributed by atoms with E-state index in [0.717, 1.165) is 35.6 Å². The number of nitrogens with one attached hydrogen (secondary N) is 1. The van der Waals surface area contributed by atoms with Crippen LogP contribution >= 0.6 is 11.6 Å². The predicted molar refractivity (Wildman–Crippen MR) is 130 cm³/mol. The summed E-state index contributed by atoms with van der Waals surface area (Å²) in [5.41, 5.74) is 4.30. The van der Waals surface area contributed by atoms with Crippen LogP contribution in [0.3, 0.4) is 0 Å². The van der Waals surface area contributed by atoms with Gasteiger partial charge in [0, 0.05) is 36.9 Å². The van der Waals surface area contributed by atoms with Gasteiger partial charge in [-0.15, -0.1) is 0 Å². The highest BCUT2D eigenvalue weighted by Crippen LogP contribution is 2.27. The van der Waals surface area contributed by atoms with Crippen LogP contribution in [0.1, 0.15) is 10.5 Å². The molecule has 0 aliphatic heterocycles. The minimum Gasteiger partial charge on any atom is -0.372 e. The molecule has 164 valence electrons. The second-order valence-electron chi connectivity index (χ2n) is 7.85. The van der Waals surface area contributed by atoms with Gasteiger partial charge in [-0.05, 0) is 50.0 Å². The monoisotopic (exact) mass is 448 g/mol. The molecule has 2 aromatic heterocycles. The van der Waals surface area contributed by atoms with E-state index in [0.29, 0.717) is 16.4 Å². The third-order valence-electron chi connectivity index (χ3n) is 5.18. The van der Waals surface area contributed by atoms with Crippen LogP contribution in [0, 0.1) is 0 Å². The van der Waals surface area contributed by atoms with Crippen molar-refractivity contribution < 1.29 is 4.79 Å². The summed E-state index contributed by atoms with van der Waals surface area (Å²) in [6, 6.07) is 16.9. The molecule has 4 aromatic rings. The van der Waals surface area contributed by atoms with E-state index in [9.17, 15) is 4.79 Å². The van der Waals surface area contributed by atoms with Crippen molar-refractivity contribution in [1.29, 1.82) is 0 Å². The van der Waals surface area contributed by atoms with Crippen molar-refractivity contribution in [2.24, 2.45) is 0 Å². The third-order valence-corrected chi connectivity index (χ3v) is 5.42. The Morgan fingerprint density at radius 3 is 2.66 bits per heavy atom. The molecule has 7 nitrogen and oxygen atoms in total. The van der Waals surface area contributed by atoms with E-state index in [1.165, 1.54) is 0 Å². The number of carbonyl (C=O) groups is 1. The Balaban J connectivity index is 1.61. The van der Waals surface area contributed by atoms with Crippen molar-refractivity contribution in [3.05, 3.63) is 77.7 Å². The average molecular weight is 449 g/mol. The van der Waals surface area contributed by atoms with Crippen molar-refractivity contribution >= 4 is 34.5 Å². The predicted octanol–water partition coefficient (Wildman–Crippen LogP) is 4.30. The molecule has 2 aromatic carbocycles. The van der Waals surface area contributed by atoms with Crippen LogP contribution in [0.25, 0.3) is 16.8 Å². The maximum atomic E-state index is 13.1. The number of hydrogen-bond donors (Lipinski definition) is 1. The first kappa shape index (κ1) is 21.8. The highest BCUT2D eigenvalue weighted by Gasteiger charge is 2.15. The van der Waals surface area contributed by atoms with Crippen molar-refractivity contribution in [2.75, 3.05) is 44.4 Å². The summed E-state index contributed by atoms with van der Waals surface area (Å²) in [4.78, 5) is 21.9. The van der Waals surface area contributed by atoms with E-state index in [1.54, 1.807) is 23.0 Å². The van der Waals surface area contributed by atoms with Gasteiger partial charge in [-0.25, -0.2) is 9.50 Å². The van der Waals surface area contributed by atoms with Gasteiger partial charge in [0.25, 0.3) is 5.91 Å². The van der Waals surface area contributed by atoms with Crippen LogP contribution in [0.15, 0.2) is 67.0 Å². The number of benzene rings is 2. The molecular formula is C24H25ClN6O. The van der Waals surface area contributed by atoms with Crippen LogP contribution in [-0.2, 0) is 0 Å². The van der Waals surface area contributed by atoms with Crippen molar-refractivity contribution in [1.82, 2.24) is 19.5 Å². The molecule has 8 heteroatoms. The van der Waals surface area contributed by atoms with Crippen molar-refractivity contribution in [2.45, 2.75) is 0 Å². The molecule has 0 bridgehead atoms. The van der Waals surface area contributed by atoms with E-state index in [1.807, 2.05) is 69.7 Å². The standard InChI is InChI=1S/C24H25ClN6O/c1-29(2)13-14-30(3)22-10-5-4-9-20(22)28-24(32)21-11-12-31-23(27-21)19(16-26-31)17-7-6-8-18(25)15-17/h4-12,15-16H,13-14H2,1-3H3,(H,28,32). The molecule has 2 heterocycles. The molecule has 1 amide bonds. The Labute approximate surface area is 192 Å². The van der Waals surface area contributed by atoms with E-state index >= 15 is 0 Å². The fraction of sp³-hybridized carbons (Fsp3) is 0.208. The number of likely N-dealkylation sites (N-methyl/N-ethyl adjacent to an activating group) is 2. The van der Waals surface area contributed by atoms with E-state index in [-0.39, 0.29) is 5.91 Å². The zero-order valence-corrected chi connectivity index (χ0v) is 19.0. The Kier molecular flexibility index (Phi) is 6.39. The molecule has 4 rings (SSSR count). The Morgan fingerprint density at radius 1 is 1.06 bits per heavy atom. The quantitative estimate of drug-likeness (QED) is 0.456. The minimum atomic E-state index is -0.279. The van der Waals surface area contributed by atoms with Crippen LogP contribution in [-0.4, -0.2) is 59.6 Å². The van der Waals surface area contributed by atoms with Gasteiger partial charge in [-0.2, -0.15) is 5.10 Å². The lowest BCUT2D eigenvalue weighted by molar-refractivity contribution is 0.102. The summed E-state index contributed by atoms with van der Waals surface area (Å²) in [5.74, 6) is -0.279. The maximum Gasteiger partial charge on any atom is 0.274 e. The number of hydrogen-bond acceptors (Lipinski definition) is 5. The summed E-state index contributed by atoms with van der Waals surface area (Å²) in [6.45, 7) is 1.74. The van der Waals surface area contributed by atoms with Gasteiger partial charge in [0.15, 0.2) is 5.65 Å². The lowest BCUT2D eigenvalue weighted by atomic mass is 10.1. The van der Waals surface area contributed by atoms with E-state index in [2.05, 4.69) is 25.2 Å². The fourth-order valence-electron chi connectivity index (χ4n) is 3.42. The molecule has 32 heavy (non-hydrogen) atoms. The summed E-state index contributed by atoms with van der Waals surface area (Å²) in [6.07, 6.45) is 3.46. The number of aromatic nitrogens is 3. The first-order valence-electron chi connectivity index (χ1n) is 10.3. The number of carbonyl (C=O) groups excluding carboxylic acids is 1. The second-order valence-corrected chi connectivity index (χ2v) is 8.28. The van der Waals surface area contributed by atoms with Gasteiger partial charge in [0.1, 0.15) is 5.69 Å². The number of anilines is 2. The molecule has 0 saturated heterocycles. The summed E-state index contributed by atoms with van der Waals surface area (Å²) < 4.78 is 1.65. The number of amides is 1. The van der Waals surface area contributed by atoms with Crippen LogP contribution < -0.4 is 10.2 Å². The van der Waals surface area contributed by atoms with Gasteiger partial charge < -0.3 is 15.1 Å². The molecule has 0 saturated carbocycles. The lowest BCUT2D eigenvalue weighted by Gasteiger charge is -2.24. The molecule has 0 atom stereocenters. The molecular weight excluding hydrogens is 424 g/mol. The summed E-state index contributed by atoms with van der Waals surface area (Å²) in [7, 11) is 6.09. The normalized spacial score (nSPS) is 11.2. The Bertz CT molecular complexity index is 1250. The van der Waals surface area contributed by atoms with Gasteiger partial charge >= 0.3 is 0 Å².